The SMILES string of the molecule is CNCc1cc(Br)cc(S(=O)(=O)N2CCCSCC2)c1F. The molecule has 0 bridgehead atoms. The highest BCUT2D eigenvalue weighted by molar-refractivity contribution is 9.10. The number of nitrogens with one attached hydrogen (secondary N) is 1. The Balaban J connectivity index is 2.43. The molecular weight excluding hydrogens is 379 g/mol. The standard InChI is InChI=1S/C13H18BrFN2O2S2/c1-16-9-10-7-11(14)8-12(13(10)15)21(18,19)17-3-2-5-20-6-4-17/h7-8,16H,2-6,9H2,1H3. The topological polar surface area (TPSA) is 49.4 Å². The zero-order valence-electron chi connectivity index (χ0n) is 11.7. The maximum absolute atomic E-state index is 14.5. The number of sulfonamides is 1. The van der Waals surface area contributed by atoms with E-state index >= 15 is 0 Å². The van der Waals surface area contributed by atoms with Crippen molar-refractivity contribution < 1.29 is 12.8 Å². The first-order valence-corrected chi connectivity index (χ1v) is 10.1. The predicted octanol–water partition coefficient (Wildman–Crippen LogP) is 2.44. The van der Waals surface area contributed by atoms with Crippen LogP contribution in [-0.2, 0) is 16.6 Å². The van der Waals surface area contributed by atoms with E-state index in [1.807, 2.05) is 0 Å². The largest absolute Gasteiger partial charge is 0.316 e. The molecule has 0 atom stereocenters. The molecule has 1 aliphatic rings. The molecule has 118 valence electrons. The van der Waals surface area contributed by atoms with Crippen molar-refractivity contribution in [3.8, 4) is 0 Å². The summed E-state index contributed by atoms with van der Waals surface area (Å²) in [6.45, 7) is 1.16. The van der Waals surface area contributed by atoms with Crippen molar-refractivity contribution in [1.82, 2.24) is 9.62 Å². The molecule has 0 aromatic heterocycles. The van der Waals surface area contributed by atoms with Crippen LogP contribution in [0.1, 0.15) is 12.0 Å². The van der Waals surface area contributed by atoms with Gasteiger partial charge < -0.3 is 5.32 Å². The van der Waals surface area contributed by atoms with E-state index in [1.54, 1.807) is 24.9 Å². The van der Waals surface area contributed by atoms with E-state index in [4.69, 9.17) is 0 Å². The van der Waals surface area contributed by atoms with Gasteiger partial charge in [-0.2, -0.15) is 16.1 Å². The van der Waals surface area contributed by atoms with Crippen LogP contribution in [0.25, 0.3) is 0 Å². The predicted molar refractivity (Wildman–Crippen MR) is 87.6 cm³/mol. The molecule has 0 unspecified atom stereocenters. The van der Waals surface area contributed by atoms with E-state index in [9.17, 15) is 12.8 Å². The zero-order chi connectivity index (χ0) is 15.5. The lowest BCUT2D eigenvalue weighted by Crippen LogP contribution is -2.33. The van der Waals surface area contributed by atoms with E-state index in [-0.39, 0.29) is 11.4 Å². The summed E-state index contributed by atoms with van der Waals surface area (Å²) >= 11 is 5.00. The summed E-state index contributed by atoms with van der Waals surface area (Å²) < 4.78 is 41.9. The monoisotopic (exact) mass is 396 g/mol. The van der Waals surface area contributed by atoms with Crippen molar-refractivity contribution in [2.75, 3.05) is 31.6 Å². The van der Waals surface area contributed by atoms with Gasteiger partial charge in [0.15, 0.2) is 0 Å². The molecule has 2 rings (SSSR count). The Hall–Kier alpha value is -0.150. The Bertz CT molecular complexity index is 602. The lowest BCUT2D eigenvalue weighted by Gasteiger charge is -2.21. The summed E-state index contributed by atoms with van der Waals surface area (Å²) in [5, 5.41) is 2.85. The van der Waals surface area contributed by atoms with Crippen molar-refractivity contribution in [1.29, 1.82) is 0 Å². The van der Waals surface area contributed by atoms with Crippen molar-refractivity contribution >= 4 is 37.7 Å². The second kappa shape index (κ2) is 7.41. The Morgan fingerprint density at radius 2 is 2.14 bits per heavy atom. The van der Waals surface area contributed by atoms with Crippen molar-refractivity contribution in [3.05, 3.63) is 28.0 Å². The number of halogens is 2. The molecule has 1 saturated heterocycles. The molecule has 0 spiro atoms. The number of nitrogens with zero attached hydrogens (tertiary/aromatic N) is 1. The van der Waals surface area contributed by atoms with Crippen LogP contribution >= 0.6 is 27.7 Å². The molecule has 21 heavy (non-hydrogen) atoms. The summed E-state index contributed by atoms with van der Waals surface area (Å²) in [7, 11) is -2.10. The zero-order valence-corrected chi connectivity index (χ0v) is 15.0. The van der Waals surface area contributed by atoms with Gasteiger partial charge in [-0.1, -0.05) is 15.9 Å². The lowest BCUT2D eigenvalue weighted by atomic mass is 10.2. The average Bonchev–Trinajstić information content (AvgIpc) is 2.72. The number of benzene rings is 1. The quantitative estimate of drug-likeness (QED) is 0.848. The van der Waals surface area contributed by atoms with Gasteiger partial charge in [0, 0.05) is 35.4 Å². The van der Waals surface area contributed by atoms with Crippen LogP contribution in [0.5, 0.6) is 0 Å². The minimum absolute atomic E-state index is 0.242. The molecule has 1 N–H and O–H groups in total. The smallest absolute Gasteiger partial charge is 0.246 e. The molecule has 1 aromatic carbocycles. The van der Waals surface area contributed by atoms with Crippen molar-refractivity contribution in [3.63, 3.8) is 0 Å². The van der Waals surface area contributed by atoms with Crippen LogP contribution in [-0.4, -0.2) is 44.4 Å². The van der Waals surface area contributed by atoms with Gasteiger partial charge in [0.25, 0.3) is 0 Å². The minimum Gasteiger partial charge on any atom is -0.316 e. The Kier molecular flexibility index (Phi) is 6.07. The highest BCUT2D eigenvalue weighted by Crippen LogP contribution is 2.27. The van der Waals surface area contributed by atoms with Crippen LogP contribution in [0.15, 0.2) is 21.5 Å². The molecule has 0 aliphatic carbocycles. The van der Waals surface area contributed by atoms with Crippen LogP contribution in [0.4, 0.5) is 4.39 Å². The molecule has 0 saturated carbocycles. The maximum atomic E-state index is 14.5. The summed E-state index contributed by atoms with van der Waals surface area (Å²) in [5.74, 6) is 1.03. The first-order chi connectivity index (χ1) is 9.96. The lowest BCUT2D eigenvalue weighted by molar-refractivity contribution is 0.429. The second-order valence-electron chi connectivity index (χ2n) is 4.78. The summed E-state index contributed by atoms with van der Waals surface area (Å²) in [6, 6.07) is 2.95. The highest BCUT2D eigenvalue weighted by atomic mass is 79.9. The fraction of sp³-hybridized carbons (Fsp3) is 0.538. The second-order valence-corrected chi connectivity index (χ2v) is 8.82. The van der Waals surface area contributed by atoms with E-state index in [0.29, 0.717) is 23.1 Å². The fourth-order valence-corrected chi connectivity index (χ4v) is 5.50. The summed E-state index contributed by atoms with van der Waals surface area (Å²) in [6.07, 6.45) is 0.795. The molecule has 0 radical (unpaired) electrons. The first kappa shape index (κ1) is 17.2. The third-order valence-electron chi connectivity index (χ3n) is 3.25. The number of rotatable bonds is 4. The van der Waals surface area contributed by atoms with Gasteiger partial charge in [-0.25, -0.2) is 12.8 Å². The molecule has 8 heteroatoms. The van der Waals surface area contributed by atoms with E-state index in [0.717, 1.165) is 17.9 Å². The number of hydrogen-bond donors (Lipinski definition) is 1. The normalized spacial score (nSPS) is 17.7. The van der Waals surface area contributed by atoms with Crippen LogP contribution in [0.2, 0.25) is 0 Å². The van der Waals surface area contributed by atoms with Crippen LogP contribution in [0.3, 0.4) is 0 Å². The van der Waals surface area contributed by atoms with Gasteiger partial charge in [-0.3, -0.25) is 0 Å². The van der Waals surface area contributed by atoms with Gasteiger partial charge in [-0.15, -0.1) is 0 Å². The first-order valence-electron chi connectivity index (χ1n) is 6.67. The van der Waals surface area contributed by atoms with Gasteiger partial charge in [0.1, 0.15) is 10.7 Å². The molecule has 4 nitrogen and oxygen atoms in total. The summed E-state index contributed by atoms with van der Waals surface area (Å²) in [5.41, 5.74) is 0.342. The number of thioether (sulfide) groups is 1. The number of hydrogen-bond acceptors (Lipinski definition) is 4. The fourth-order valence-electron chi connectivity index (χ4n) is 2.23. The van der Waals surface area contributed by atoms with E-state index < -0.39 is 15.8 Å². The third kappa shape index (κ3) is 3.98. The maximum Gasteiger partial charge on any atom is 0.246 e. The molecule has 1 aliphatic heterocycles. The van der Waals surface area contributed by atoms with Gasteiger partial charge in [0.2, 0.25) is 10.0 Å². The van der Waals surface area contributed by atoms with Crippen LogP contribution in [0, 0.1) is 5.82 Å². The third-order valence-corrected chi connectivity index (χ3v) is 6.65. The van der Waals surface area contributed by atoms with Crippen molar-refractivity contribution in [2.45, 2.75) is 17.9 Å². The molecule has 1 aromatic rings. The van der Waals surface area contributed by atoms with Gasteiger partial charge >= 0.3 is 0 Å². The Morgan fingerprint density at radius 3 is 2.86 bits per heavy atom. The van der Waals surface area contributed by atoms with Gasteiger partial charge in [-0.05, 0) is 31.4 Å². The van der Waals surface area contributed by atoms with E-state index in [2.05, 4.69) is 21.2 Å². The Labute approximate surface area is 137 Å². The van der Waals surface area contributed by atoms with Crippen molar-refractivity contribution in [2.24, 2.45) is 0 Å². The molecule has 1 fully saturated rings. The van der Waals surface area contributed by atoms with E-state index in [1.165, 1.54) is 10.4 Å². The molecule has 1 heterocycles. The van der Waals surface area contributed by atoms with Gasteiger partial charge in [0.05, 0.1) is 0 Å². The highest BCUT2D eigenvalue weighted by Gasteiger charge is 2.29. The Morgan fingerprint density at radius 1 is 1.38 bits per heavy atom. The minimum atomic E-state index is -3.79. The average molecular weight is 397 g/mol. The molecule has 0 amide bonds. The summed E-state index contributed by atoms with van der Waals surface area (Å²) in [4.78, 5) is -0.242. The molecular formula is C13H18BrFN2O2S2. The van der Waals surface area contributed by atoms with Crippen LogP contribution < -0.4 is 5.32 Å².